The molecule has 0 amide bonds. The molecule has 18 heavy (non-hydrogen) atoms. The van der Waals surface area contributed by atoms with E-state index in [0.717, 1.165) is 10.2 Å². The van der Waals surface area contributed by atoms with Gasteiger partial charge in [0.15, 0.2) is 0 Å². The van der Waals surface area contributed by atoms with Crippen LogP contribution in [0.15, 0.2) is 28.9 Å². The van der Waals surface area contributed by atoms with Gasteiger partial charge in [-0.2, -0.15) is 5.10 Å². The largest absolute Gasteiger partial charge is 0.350 e. The van der Waals surface area contributed by atoms with Crippen molar-refractivity contribution in [1.29, 1.82) is 0 Å². The molecule has 0 aliphatic rings. The normalized spacial score (nSPS) is 11.2. The summed E-state index contributed by atoms with van der Waals surface area (Å²) in [6.45, 7) is 0. The van der Waals surface area contributed by atoms with Crippen LogP contribution in [-0.4, -0.2) is 24.0 Å². The van der Waals surface area contributed by atoms with Crippen molar-refractivity contribution in [3.05, 3.63) is 45.7 Å². The Kier molecular flexibility index (Phi) is 4.40. The Hall–Kier alpha value is -0.880. The summed E-state index contributed by atoms with van der Waals surface area (Å²) in [7, 11) is 3.11. The molecule has 0 aliphatic carbocycles. The van der Waals surface area contributed by atoms with E-state index < -0.39 is 6.29 Å². The van der Waals surface area contributed by atoms with Crippen LogP contribution in [0, 0.1) is 6.07 Å². The Morgan fingerprint density at radius 3 is 2.72 bits per heavy atom. The lowest BCUT2D eigenvalue weighted by molar-refractivity contribution is -0.110. The number of halogens is 2. The van der Waals surface area contributed by atoms with Crippen molar-refractivity contribution in [2.45, 2.75) is 6.29 Å². The van der Waals surface area contributed by atoms with Gasteiger partial charge in [0, 0.05) is 24.8 Å². The minimum absolute atomic E-state index is 0.546. The summed E-state index contributed by atoms with van der Waals surface area (Å²) >= 11 is 9.65. The molecule has 2 rings (SSSR count). The maximum atomic E-state index is 6.20. The molecule has 1 aromatic carbocycles. The van der Waals surface area contributed by atoms with Crippen molar-refractivity contribution in [3.8, 4) is 5.69 Å². The highest BCUT2D eigenvalue weighted by Crippen LogP contribution is 2.31. The molecular weight excluding hydrogens is 320 g/mol. The highest BCUT2D eigenvalue weighted by molar-refractivity contribution is 9.10. The molecule has 6 heteroatoms. The fraction of sp³-hybridized carbons (Fsp3) is 0.250. The van der Waals surface area contributed by atoms with Gasteiger partial charge < -0.3 is 9.47 Å². The number of aromatic nitrogens is 2. The van der Waals surface area contributed by atoms with Gasteiger partial charge >= 0.3 is 0 Å². The molecule has 2 aromatic rings. The number of hydrogen-bond donors (Lipinski definition) is 0. The molecule has 1 aromatic heterocycles. The van der Waals surface area contributed by atoms with E-state index in [0.29, 0.717) is 10.7 Å². The fourth-order valence-electron chi connectivity index (χ4n) is 1.63. The van der Waals surface area contributed by atoms with Crippen molar-refractivity contribution >= 4 is 27.5 Å². The molecule has 1 heterocycles. The number of rotatable bonds is 4. The monoisotopic (exact) mass is 329 g/mol. The van der Waals surface area contributed by atoms with E-state index in [-0.39, 0.29) is 0 Å². The van der Waals surface area contributed by atoms with Crippen molar-refractivity contribution in [2.24, 2.45) is 0 Å². The molecule has 0 spiro atoms. The minimum Gasteiger partial charge on any atom is -0.350 e. The van der Waals surface area contributed by atoms with Gasteiger partial charge in [-0.3, -0.25) is 0 Å². The molecule has 0 aliphatic heterocycles. The molecule has 0 N–H and O–H groups in total. The Morgan fingerprint density at radius 2 is 2.11 bits per heavy atom. The van der Waals surface area contributed by atoms with Crippen LogP contribution in [0.25, 0.3) is 5.69 Å². The van der Waals surface area contributed by atoms with Crippen LogP contribution in [0.5, 0.6) is 0 Å². The number of hydrogen-bond acceptors (Lipinski definition) is 3. The van der Waals surface area contributed by atoms with Crippen molar-refractivity contribution in [1.82, 2.24) is 9.78 Å². The quantitative estimate of drug-likeness (QED) is 0.806. The van der Waals surface area contributed by atoms with Gasteiger partial charge in [-0.05, 0) is 28.1 Å². The lowest BCUT2D eigenvalue weighted by Crippen LogP contribution is -2.11. The fourth-order valence-corrected chi connectivity index (χ4v) is 2.54. The van der Waals surface area contributed by atoms with E-state index in [2.05, 4.69) is 27.1 Å². The zero-order chi connectivity index (χ0) is 13.1. The number of para-hydroxylation sites is 1. The molecule has 0 unspecified atom stereocenters. The standard InChI is InChI=1S/C12H11BrClN2O2/c1-17-12(18-2)10-6-7-15-16(10)11-8(13)4-3-5-9(11)14/h3-5,7,12H,1-2H3. The first kappa shape index (κ1) is 13.5. The molecule has 0 saturated carbocycles. The third-order valence-corrected chi connectivity index (χ3v) is 3.36. The topological polar surface area (TPSA) is 36.3 Å². The molecule has 0 fully saturated rings. The van der Waals surface area contributed by atoms with Gasteiger partial charge in [-0.15, -0.1) is 0 Å². The number of methoxy groups -OCH3 is 2. The summed E-state index contributed by atoms with van der Waals surface area (Å²) in [4.78, 5) is 0. The van der Waals surface area contributed by atoms with Crippen LogP contribution >= 0.6 is 27.5 Å². The van der Waals surface area contributed by atoms with Crippen LogP contribution in [0.2, 0.25) is 5.02 Å². The molecule has 4 nitrogen and oxygen atoms in total. The highest BCUT2D eigenvalue weighted by Gasteiger charge is 2.19. The van der Waals surface area contributed by atoms with E-state index in [1.807, 2.05) is 12.1 Å². The Labute approximate surface area is 119 Å². The molecule has 95 valence electrons. The van der Waals surface area contributed by atoms with Gasteiger partial charge in [0.1, 0.15) is 5.69 Å². The van der Waals surface area contributed by atoms with E-state index in [1.54, 1.807) is 31.2 Å². The zero-order valence-corrected chi connectivity index (χ0v) is 12.2. The van der Waals surface area contributed by atoms with Crippen LogP contribution in [0.3, 0.4) is 0 Å². The second kappa shape index (κ2) is 5.84. The summed E-state index contributed by atoms with van der Waals surface area (Å²) in [6.07, 6.45) is 1.01. The number of nitrogens with zero attached hydrogens (tertiary/aromatic N) is 2. The van der Waals surface area contributed by atoms with Gasteiger partial charge in [-0.25, -0.2) is 4.68 Å². The van der Waals surface area contributed by atoms with E-state index >= 15 is 0 Å². The van der Waals surface area contributed by atoms with Crippen LogP contribution in [0.1, 0.15) is 12.0 Å². The summed E-state index contributed by atoms with van der Waals surface area (Å²) < 4.78 is 12.9. The third-order valence-electron chi connectivity index (χ3n) is 2.41. The van der Waals surface area contributed by atoms with Crippen LogP contribution in [-0.2, 0) is 9.47 Å². The predicted molar refractivity (Wildman–Crippen MR) is 71.9 cm³/mol. The Morgan fingerprint density at radius 1 is 1.39 bits per heavy atom. The minimum atomic E-state index is -0.546. The average Bonchev–Trinajstić information content (AvgIpc) is 2.80. The maximum absolute atomic E-state index is 6.20. The number of ether oxygens (including phenoxy) is 2. The highest BCUT2D eigenvalue weighted by atomic mass is 79.9. The van der Waals surface area contributed by atoms with Crippen molar-refractivity contribution < 1.29 is 9.47 Å². The molecule has 1 radical (unpaired) electrons. The van der Waals surface area contributed by atoms with Gasteiger partial charge in [0.05, 0.1) is 16.9 Å². The molecule has 0 atom stereocenters. The zero-order valence-electron chi connectivity index (χ0n) is 9.85. The first-order chi connectivity index (χ1) is 8.69. The van der Waals surface area contributed by atoms with Crippen molar-refractivity contribution in [2.75, 3.05) is 14.2 Å². The first-order valence-corrected chi connectivity index (χ1v) is 6.31. The lowest BCUT2D eigenvalue weighted by Gasteiger charge is -2.16. The molecule has 0 bridgehead atoms. The SMILES string of the molecule is COC(OC)c1[c]cnn1-c1c(Cl)cccc1Br. The van der Waals surface area contributed by atoms with Gasteiger partial charge in [0.2, 0.25) is 6.29 Å². The van der Waals surface area contributed by atoms with Gasteiger partial charge in [-0.1, -0.05) is 17.7 Å². The summed E-state index contributed by atoms with van der Waals surface area (Å²) in [5.41, 5.74) is 1.38. The third kappa shape index (κ3) is 2.44. The van der Waals surface area contributed by atoms with Crippen LogP contribution in [0.4, 0.5) is 0 Å². The molecule has 0 saturated heterocycles. The van der Waals surface area contributed by atoms with E-state index in [4.69, 9.17) is 21.1 Å². The second-order valence-electron chi connectivity index (χ2n) is 3.46. The smallest absolute Gasteiger partial charge is 0.201 e. The Balaban J connectivity index is 2.55. The van der Waals surface area contributed by atoms with E-state index in [9.17, 15) is 0 Å². The lowest BCUT2D eigenvalue weighted by atomic mass is 10.3. The number of benzene rings is 1. The van der Waals surface area contributed by atoms with Crippen molar-refractivity contribution in [3.63, 3.8) is 0 Å². The summed E-state index contributed by atoms with van der Waals surface area (Å²) in [5, 5.41) is 4.79. The maximum Gasteiger partial charge on any atom is 0.201 e. The second-order valence-corrected chi connectivity index (χ2v) is 4.72. The first-order valence-electron chi connectivity index (χ1n) is 5.14. The summed E-state index contributed by atoms with van der Waals surface area (Å²) in [5.74, 6) is 0. The molecular formula is C12H11BrClN2O2. The van der Waals surface area contributed by atoms with Gasteiger partial charge in [0.25, 0.3) is 0 Å². The average molecular weight is 331 g/mol. The summed E-state index contributed by atoms with van der Waals surface area (Å²) in [6, 6.07) is 8.52. The van der Waals surface area contributed by atoms with Crippen LogP contribution < -0.4 is 0 Å². The Bertz CT molecular complexity index is 520. The predicted octanol–water partition coefficient (Wildman–Crippen LogP) is 3.38. The van der Waals surface area contributed by atoms with E-state index in [1.165, 1.54) is 0 Å².